The SMILES string of the molecule is CC(C)CC(NC(=O)C(CCCCN)NC(=O)C(NC(=O)CN)C(C)C)C(=O)O. The van der Waals surface area contributed by atoms with E-state index >= 15 is 0 Å². The van der Waals surface area contributed by atoms with Crippen molar-refractivity contribution in [2.45, 2.75) is 71.5 Å². The third kappa shape index (κ3) is 10.8. The van der Waals surface area contributed by atoms with E-state index in [-0.39, 0.29) is 24.8 Å². The number of carbonyl (C=O) groups excluding carboxylic acids is 3. The Morgan fingerprint density at radius 2 is 1.45 bits per heavy atom. The maximum absolute atomic E-state index is 12.7. The second-order valence-electron chi connectivity index (χ2n) is 7.87. The van der Waals surface area contributed by atoms with Crippen molar-refractivity contribution in [3.05, 3.63) is 0 Å². The summed E-state index contributed by atoms with van der Waals surface area (Å²) in [6.07, 6.45) is 1.81. The number of carbonyl (C=O) groups is 4. The summed E-state index contributed by atoms with van der Waals surface area (Å²) < 4.78 is 0. The van der Waals surface area contributed by atoms with Gasteiger partial charge in [-0.15, -0.1) is 0 Å². The van der Waals surface area contributed by atoms with E-state index in [1.807, 2.05) is 13.8 Å². The molecule has 0 aromatic rings. The van der Waals surface area contributed by atoms with Crippen LogP contribution in [0.2, 0.25) is 0 Å². The Kier molecular flexibility index (Phi) is 12.8. The number of carboxylic acids is 1. The molecule has 10 nitrogen and oxygen atoms in total. The van der Waals surface area contributed by atoms with Crippen LogP contribution < -0.4 is 27.4 Å². The molecule has 0 aliphatic carbocycles. The van der Waals surface area contributed by atoms with Crippen LogP contribution in [0.5, 0.6) is 0 Å². The van der Waals surface area contributed by atoms with Crippen molar-refractivity contribution in [2.75, 3.05) is 13.1 Å². The third-order valence-corrected chi connectivity index (χ3v) is 4.35. The molecule has 0 aromatic heterocycles. The number of unbranched alkanes of at least 4 members (excludes halogenated alkanes) is 1. The van der Waals surface area contributed by atoms with Gasteiger partial charge in [-0.1, -0.05) is 27.7 Å². The smallest absolute Gasteiger partial charge is 0.326 e. The summed E-state index contributed by atoms with van der Waals surface area (Å²) in [5.41, 5.74) is 10.8. The van der Waals surface area contributed by atoms with Gasteiger partial charge < -0.3 is 32.5 Å². The van der Waals surface area contributed by atoms with Gasteiger partial charge in [-0.25, -0.2) is 4.79 Å². The number of aliphatic carboxylic acids is 1. The van der Waals surface area contributed by atoms with E-state index in [1.165, 1.54) is 0 Å². The minimum absolute atomic E-state index is 0.0680. The molecule has 0 aliphatic rings. The van der Waals surface area contributed by atoms with Gasteiger partial charge in [0.05, 0.1) is 6.54 Å². The van der Waals surface area contributed by atoms with Gasteiger partial charge in [0.25, 0.3) is 0 Å². The Morgan fingerprint density at radius 3 is 1.90 bits per heavy atom. The Labute approximate surface area is 172 Å². The summed E-state index contributed by atoms with van der Waals surface area (Å²) in [6, 6.07) is -2.84. The lowest BCUT2D eigenvalue weighted by Gasteiger charge is -2.26. The maximum atomic E-state index is 12.7. The molecule has 0 fully saturated rings. The molecule has 0 bridgehead atoms. The molecule has 0 saturated carbocycles. The second kappa shape index (κ2) is 13.9. The molecule has 168 valence electrons. The molecule has 0 aliphatic heterocycles. The number of amides is 3. The van der Waals surface area contributed by atoms with Crippen molar-refractivity contribution >= 4 is 23.7 Å². The lowest BCUT2D eigenvalue weighted by Crippen LogP contribution is -2.57. The Hall–Kier alpha value is -2.20. The van der Waals surface area contributed by atoms with E-state index in [4.69, 9.17) is 11.5 Å². The Bertz CT molecular complexity index is 553. The van der Waals surface area contributed by atoms with E-state index in [0.717, 1.165) is 0 Å². The predicted octanol–water partition coefficient (Wildman–Crippen LogP) is -0.685. The van der Waals surface area contributed by atoms with Gasteiger partial charge in [0.2, 0.25) is 17.7 Å². The summed E-state index contributed by atoms with van der Waals surface area (Å²) >= 11 is 0. The third-order valence-electron chi connectivity index (χ3n) is 4.35. The monoisotopic (exact) mass is 415 g/mol. The summed E-state index contributed by atoms with van der Waals surface area (Å²) in [5, 5.41) is 17.1. The van der Waals surface area contributed by atoms with Crippen LogP contribution in [0.15, 0.2) is 0 Å². The van der Waals surface area contributed by atoms with E-state index in [9.17, 15) is 24.3 Å². The highest BCUT2D eigenvalue weighted by Crippen LogP contribution is 2.09. The molecule has 0 aromatic carbocycles. The molecule has 3 unspecified atom stereocenters. The molecular formula is C19H37N5O5. The fourth-order valence-corrected chi connectivity index (χ4v) is 2.76. The summed E-state index contributed by atoms with van der Waals surface area (Å²) in [4.78, 5) is 48.5. The van der Waals surface area contributed by atoms with Crippen LogP contribution in [0.3, 0.4) is 0 Å². The number of hydrogen-bond donors (Lipinski definition) is 6. The van der Waals surface area contributed by atoms with Gasteiger partial charge in [-0.05, 0) is 44.1 Å². The van der Waals surface area contributed by atoms with Crippen LogP contribution in [-0.2, 0) is 19.2 Å². The summed E-state index contributed by atoms with van der Waals surface area (Å²) in [5.74, 6) is -2.87. The van der Waals surface area contributed by atoms with Crippen molar-refractivity contribution < 1.29 is 24.3 Å². The highest BCUT2D eigenvalue weighted by molar-refractivity contribution is 5.93. The average molecular weight is 416 g/mol. The minimum atomic E-state index is -1.13. The van der Waals surface area contributed by atoms with Gasteiger partial charge in [0.1, 0.15) is 18.1 Å². The molecule has 0 rings (SSSR count). The Morgan fingerprint density at radius 1 is 0.862 bits per heavy atom. The maximum Gasteiger partial charge on any atom is 0.326 e. The summed E-state index contributed by atoms with van der Waals surface area (Å²) in [7, 11) is 0. The first-order valence-electron chi connectivity index (χ1n) is 10.1. The van der Waals surface area contributed by atoms with Crippen molar-refractivity contribution in [3.63, 3.8) is 0 Å². The van der Waals surface area contributed by atoms with Crippen LogP contribution in [-0.4, -0.2) is 60.0 Å². The van der Waals surface area contributed by atoms with Gasteiger partial charge in [0, 0.05) is 0 Å². The average Bonchev–Trinajstić information content (AvgIpc) is 2.63. The van der Waals surface area contributed by atoms with Crippen LogP contribution in [0.4, 0.5) is 0 Å². The molecule has 3 atom stereocenters. The van der Waals surface area contributed by atoms with E-state index in [1.54, 1.807) is 13.8 Å². The summed E-state index contributed by atoms with van der Waals surface area (Å²) in [6.45, 7) is 7.41. The van der Waals surface area contributed by atoms with Gasteiger partial charge in [0.15, 0.2) is 0 Å². The molecule has 0 radical (unpaired) electrons. The zero-order chi connectivity index (χ0) is 22.6. The molecule has 10 heteroatoms. The van der Waals surface area contributed by atoms with Crippen LogP contribution in [0.25, 0.3) is 0 Å². The predicted molar refractivity (Wildman–Crippen MR) is 110 cm³/mol. The first kappa shape index (κ1) is 26.8. The first-order chi connectivity index (χ1) is 13.5. The normalized spacial score (nSPS) is 14.2. The van der Waals surface area contributed by atoms with E-state index in [2.05, 4.69) is 16.0 Å². The number of hydrogen-bond acceptors (Lipinski definition) is 6. The fourth-order valence-electron chi connectivity index (χ4n) is 2.76. The van der Waals surface area contributed by atoms with Crippen LogP contribution in [0, 0.1) is 11.8 Å². The van der Waals surface area contributed by atoms with Crippen molar-refractivity contribution in [1.29, 1.82) is 0 Å². The van der Waals surface area contributed by atoms with Crippen molar-refractivity contribution in [1.82, 2.24) is 16.0 Å². The molecule has 8 N–H and O–H groups in total. The largest absolute Gasteiger partial charge is 0.480 e. The number of nitrogens with two attached hydrogens (primary N) is 2. The minimum Gasteiger partial charge on any atom is -0.480 e. The molecule has 0 heterocycles. The highest BCUT2D eigenvalue weighted by atomic mass is 16.4. The fraction of sp³-hybridized carbons (Fsp3) is 0.789. The second-order valence-corrected chi connectivity index (χ2v) is 7.87. The van der Waals surface area contributed by atoms with Crippen molar-refractivity contribution in [3.8, 4) is 0 Å². The first-order valence-corrected chi connectivity index (χ1v) is 10.1. The molecule has 0 saturated heterocycles. The van der Waals surface area contributed by atoms with Crippen molar-refractivity contribution in [2.24, 2.45) is 23.3 Å². The topological polar surface area (TPSA) is 177 Å². The van der Waals surface area contributed by atoms with Gasteiger partial charge in [-0.2, -0.15) is 0 Å². The highest BCUT2D eigenvalue weighted by Gasteiger charge is 2.30. The number of rotatable bonds is 14. The van der Waals surface area contributed by atoms with E-state index in [0.29, 0.717) is 25.8 Å². The number of carboxylic acid groups (broad SMARTS) is 1. The zero-order valence-corrected chi connectivity index (χ0v) is 17.9. The zero-order valence-electron chi connectivity index (χ0n) is 17.9. The van der Waals surface area contributed by atoms with Gasteiger partial charge >= 0.3 is 5.97 Å². The quantitative estimate of drug-likeness (QED) is 0.203. The van der Waals surface area contributed by atoms with Gasteiger partial charge in [-0.3, -0.25) is 14.4 Å². The molecule has 0 spiro atoms. The lowest BCUT2D eigenvalue weighted by atomic mass is 10.0. The molecular weight excluding hydrogens is 378 g/mol. The van der Waals surface area contributed by atoms with Crippen LogP contribution >= 0.6 is 0 Å². The van der Waals surface area contributed by atoms with Crippen LogP contribution in [0.1, 0.15) is 53.4 Å². The Balaban J connectivity index is 5.31. The molecule has 3 amide bonds. The lowest BCUT2D eigenvalue weighted by molar-refractivity contribution is -0.142. The number of nitrogens with one attached hydrogen (secondary N) is 3. The molecule has 29 heavy (non-hydrogen) atoms. The standard InChI is InChI=1S/C19H37N5O5/c1-11(2)9-14(19(28)29)23-17(26)13(7-5-6-8-20)22-18(27)16(12(3)4)24-15(25)10-21/h11-14,16H,5-10,20-21H2,1-4H3,(H,22,27)(H,23,26)(H,24,25)(H,28,29). The van der Waals surface area contributed by atoms with E-state index < -0.39 is 41.8 Å².